The van der Waals surface area contributed by atoms with Gasteiger partial charge in [-0.05, 0) is 42.2 Å². The Morgan fingerprint density at radius 3 is 2.40 bits per heavy atom. The second kappa shape index (κ2) is 10.2. The summed E-state index contributed by atoms with van der Waals surface area (Å²) in [6.45, 7) is 1.60. The summed E-state index contributed by atoms with van der Waals surface area (Å²) in [6, 6.07) is 16.2. The lowest BCUT2D eigenvalue weighted by atomic mass is 10.1. The molecule has 0 aliphatic carbocycles. The van der Waals surface area contributed by atoms with Crippen molar-refractivity contribution >= 4 is 5.96 Å². The van der Waals surface area contributed by atoms with E-state index < -0.39 is 0 Å². The molecule has 2 aromatic carbocycles. The second-order valence-electron chi connectivity index (χ2n) is 5.59. The molecule has 2 rings (SSSR count). The van der Waals surface area contributed by atoms with E-state index in [0.717, 1.165) is 43.4 Å². The highest BCUT2D eigenvalue weighted by atomic mass is 16.5. The molecule has 0 atom stereocenters. The monoisotopic (exact) mass is 341 g/mol. The fraction of sp³-hybridized carbons (Fsp3) is 0.350. The van der Waals surface area contributed by atoms with Crippen LogP contribution in [0.1, 0.15) is 11.1 Å². The molecule has 0 saturated heterocycles. The number of rotatable bonds is 8. The molecule has 2 N–H and O–H groups in total. The summed E-state index contributed by atoms with van der Waals surface area (Å²) in [4.78, 5) is 4.27. The fourth-order valence-corrected chi connectivity index (χ4v) is 2.60. The summed E-state index contributed by atoms with van der Waals surface area (Å²) >= 11 is 0. The van der Waals surface area contributed by atoms with E-state index in [4.69, 9.17) is 9.47 Å². The Morgan fingerprint density at radius 2 is 1.68 bits per heavy atom. The van der Waals surface area contributed by atoms with Crippen molar-refractivity contribution in [3.8, 4) is 11.5 Å². The fourth-order valence-electron chi connectivity index (χ4n) is 2.60. The van der Waals surface area contributed by atoms with Crippen molar-refractivity contribution in [2.75, 3.05) is 34.4 Å². The van der Waals surface area contributed by atoms with Crippen LogP contribution in [0.2, 0.25) is 0 Å². The minimum Gasteiger partial charge on any atom is -0.497 e. The number of nitrogens with one attached hydrogen (secondary N) is 2. The van der Waals surface area contributed by atoms with Crippen molar-refractivity contribution in [3.63, 3.8) is 0 Å². The van der Waals surface area contributed by atoms with Crippen LogP contribution in [0.3, 0.4) is 0 Å². The van der Waals surface area contributed by atoms with E-state index in [0.29, 0.717) is 0 Å². The quantitative estimate of drug-likeness (QED) is 0.572. The Labute approximate surface area is 150 Å². The van der Waals surface area contributed by atoms with Crippen LogP contribution in [0.4, 0.5) is 0 Å². The first kappa shape index (κ1) is 18.6. The van der Waals surface area contributed by atoms with Crippen LogP contribution < -0.4 is 20.1 Å². The molecular weight excluding hydrogens is 314 g/mol. The zero-order valence-corrected chi connectivity index (χ0v) is 15.2. The van der Waals surface area contributed by atoms with Gasteiger partial charge >= 0.3 is 0 Å². The van der Waals surface area contributed by atoms with Crippen LogP contribution in [0, 0.1) is 0 Å². The number of para-hydroxylation sites is 1. The number of hydrogen-bond acceptors (Lipinski definition) is 3. The number of hydrogen-bond donors (Lipinski definition) is 2. The van der Waals surface area contributed by atoms with Gasteiger partial charge in [0.1, 0.15) is 11.5 Å². The van der Waals surface area contributed by atoms with Crippen LogP contribution in [0.5, 0.6) is 11.5 Å². The van der Waals surface area contributed by atoms with Crippen molar-refractivity contribution in [2.45, 2.75) is 12.8 Å². The summed E-state index contributed by atoms with van der Waals surface area (Å²) in [6.07, 6.45) is 1.78. The Kier molecular flexibility index (Phi) is 7.63. The van der Waals surface area contributed by atoms with Gasteiger partial charge in [-0.15, -0.1) is 0 Å². The van der Waals surface area contributed by atoms with Gasteiger partial charge in [0.2, 0.25) is 0 Å². The molecule has 5 nitrogen and oxygen atoms in total. The van der Waals surface area contributed by atoms with Gasteiger partial charge in [-0.1, -0.05) is 30.3 Å². The van der Waals surface area contributed by atoms with Gasteiger partial charge in [-0.25, -0.2) is 0 Å². The first-order chi connectivity index (χ1) is 12.3. The molecule has 0 radical (unpaired) electrons. The van der Waals surface area contributed by atoms with Gasteiger partial charge in [-0.3, -0.25) is 4.99 Å². The molecule has 134 valence electrons. The molecule has 0 amide bonds. The summed E-state index contributed by atoms with van der Waals surface area (Å²) in [5, 5.41) is 6.67. The van der Waals surface area contributed by atoms with E-state index in [1.54, 1.807) is 21.3 Å². The van der Waals surface area contributed by atoms with Crippen LogP contribution in [-0.2, 0) is 12.8 Å². The van der Waals surface area contributed by atoms with Crippen molar-refractivity contribution in [3.05, 3.63) is 59.7 Å². The maximum atomic E-state index is 5.38. The third kappa shape index (κ3) is 6.03. The van der Waals surface area contributed by atoms with Crippen LogP contribution >= 0.6 is 0 Å². The molecule has 0 aromatic heterocycles. The normalized spacial score (nSPS) is 11.1. The summed E-state index contributed by atoms with van der Waals surface area (Å²) < 4.78 is 10.6. The van der Waals surface area contributed by atoms with Gasteiger partial charge in [0.25, 0.3) is 0 Å². The van der Waals surface area contributed by atoms with E-state index >= 15 is 0 Å². The van der Waals surface area contributed by atoms with Gasteiger partial charge in [-0.2, -0.15) is 0 Å². The zero-order chi connectivity index (χ0) is 17.9. The average molecular weight is 341 g/mol. The zero-order valence-electron chi connectivity index (χ0n) is 15.2. The number of ether oxygens (including phenoxy) is 2. The molecule has 0 aliphatic rings. The first-order valence-corrected chi connectivity index (χ1v) is 8.46. The predicted molar refractivity (Wildman–Crippen MR) is 103 cm³/mol. The average Bonchev–Trinajstić information content (AvgIpc) is 2.67. The summed E-state index contributed by atoms with van der Waals surface area (Å²) in [5.74, 6) is 2.61. The highest BCUT2D eigenvalue weighted by Gasteiger charge is 2.03. The minimum absolute atomic E-state index is 0.791. The smallest absolute Gasteiger partial charge is 0.190 e. The topological polar surface area (TPSA) is 54.9 Å². The number of guanidine groups is 1. The lowest BCUT2D eigenvalue weighted by molar-refractivity contribution is 0.409. The minimum atomic E-state index is 0.791. The van der Waals surface area contributed by atoms with Crippen LogP contribution in [-0.4, -0.2) is 40.3 Å². The number of nitrogens with zero attached hydrogens (tertiary/aromatic N) is 1. The molecule has 0 heterocycles. The van der Waals surface area contributed by atoms with E-state index in [-0.39, 0.29) is 0 Å². The van der Waals surface area contributed by atoms with Crippen molar-refractivity contribution in [2.24, 2.45) is 4.99 Å². The van der Waals surface area contributed by atoms with Crippen molar-refractivity contribution < 1.29 is 9.47 Å². The third-order valence-corrected chi connectivity index (χ3v) is 3.94. The van der Waals surface area contributed by atoms with E-state index in [9.17, 15) is 0 Å². The molecule has 0 spiro atoms. The molecule has 0 saturated carbocycles. The Morgan fingerprint density at radius 1 is 0.920 bits per heavy atom. The number of methoxy groups -OCH3 is 2. The molecule has 25 heavy (non-hydrogen) atoms. The maximum Gasteiger partial charge on any atom is 0.190 e. The van der Waals surface area contributed by atoms with Gasteiger partial charge in [0.05, 0.1) is 14.2 Å². The molecule has 0 unspecified atom stereocenters. The van der Waals surface area contributed by atoms with E-state index in [1.807, 2.05) is 30.3 Å². The number of benzene rings is 2. The van der Waals surface area contributed by atoms with E-state index in [1.165, 1.54) is 11.1 Å². The second-order valence-corrected chi connectivity index (χ2v) is 5.59. The molecule has 5 heteroatoms. The summed E-state index contributed by atoms with van der Waals surface area (Å²) in [5.41, 5.74) is 2.42. The van der Waals surface area contributed by atoms with Gasteiger partial charge in [0.15, 0.2) is 5.96 Å². The SMILES string of the molecule is CN=C(NCCc1cccc(OC)c1)NCCc1ccccc1OC. The predicted octanol–water partition coefficient (Wildman–Crippen LogP) is 2.65. The largest absolute Gasteiger partial charge is 0.497 e. The molecule has 0 bridgehead atoms. The molecule has 0 aliphatic heterocycles. The van der Waals surface area contributed by atoms with Crippen molar-refractivity contribution in [1.29, 1.82) is 0 Å². The lowest BCUT2D eigenvalue weighted by Gasteiger charge is -2.13. The third-order valence-electron chi connectivity index (χ3n) is 3.94. The number of aliphatic imine (C=N–C) groups is 1. The maximum absolute atomic E-state index is 5.38. The molecule has 2 aromatic rings. The Hall–Kier alpha value is -2.69. The highest BCUT2D eigenvalue weighted by molar-refractivity contribution is 5.79. The van der Waals surface area contributed by atoms with E-state index in [2.05, 4.69) is 33.8 Å². The highest BCUT2D eigenvalue weighted by Crippen LogP contribution is 2.17. The van der Waals surface area contributed by atoms with Crippen molar-refractivity contribution in [1.82, 2.24) is 10.6 Å². The van der Waals surface area contributed by atoms with Gasteiger partial charge in [0, 0.05) is 20.1 Å². The Balaban J connectivity index is 1.75. The van der Waals surface area contributed by atoms with Crippen LogP contribution in [0.15, 0.2) is 53.5 Å². The van der Waals surface area contributed by atoms with Gasteiger partial charge < -0.3 is 20.1 Å². The lowest BCUT2D eigenvalue weighted by Crippen LogP contribution is -2.39. The Bertz CT molecular complexity index is 686. The molecule has 0 fully saturated rings. The standard InChI is InChI=1S/C20H27N3O2/c1-21-20(22-13-11-16-7-6-9-18(15-16)24-2)23-14-12-17-8-4-5-10-19(17)25-3/h4-10,15H,11-14H2,1-3H3,(H2,21,22,23). The molecular formula is C20H27N3O2. The summed E-state index contributed by atoms with van der Waals surface area (Å²) in [7, 11) is 5.17. The first-order valence-electron chi connectivity index (χ1n) is 8.46. The van der Waals surface area contributed by atoms with Crippen LogP contribution in [0.25, 0.3) is 0 Å².